The zero-order valence-corrected chi connectivity index (χ0v) is 15.0. The van der Waals surface area contributed by atoms with Gasteiger partial charge in [0.2, 0.25) is 10.0 Å². The quantitative estimate of drug-likeness (QED) is 0.807. The van der Waals surface area contributed by atoms with E-state index >= 15 is 0 Å². The van der Waals surface area contributed by atoms with Gasteiger partial charge in [-0.2, -0.15) is 0 Å². The topological polar surface area (TPSA) is 58.6 Å². The van der Waals surface area contributed by atoms with Gasteiger partial charge in [0.1, 0.15) is 5.75 Å². The van der Waals surface area contributed by atoms with Gasteiger partial charge in [-0.3, -0.25) is 4.90 Å². The van der Waals surface area contributed by atoms with E-state index in [0.717, 1.165) is 25.2 Å². The fourth-order valence-corrected chi connectivity index (χ4v) is 4.12. The van der Waals surface area contributed by atoms with Crippen LogP contribution in [0.3, 0.4) is 0 Å². The van der Waals surface area contributed by atoms with E-state index in [2.05, 4.69) is 4.72 Å². The molecular weight excluding hydrogens is 338 g/mol. The number of sulfonamides is 1. The van der Waals surface area contributed by atoms with E-state index in [1.807, 2.05) is 11.8 Å². The molecule has 0 spiro atoms. The monoisotopic (exact) mass is 362 g/mol. The summed E-state index contributed by atoms with van der Waals surface area (Å²) in [6.07, 6.45) is 2.93. The molecule has 0 bridgehead atoms. The Balaban J connectivity index is 2.18. The third-order valence-corrected chi connectivity index (χ3v) is 5.03. The maximum atomic E-state index is 14.1. The highest BCUT2D eigenvalue weighted by Gasteiger charge is 2.34. The van der Waals surface area contributed by atoms with Crippen molar-refractivity contribution in [3.8, 4) is 5.75 Å². The predicted octanol–water partition coefficient (Wildman–Crippen LogP) is 2.12. The summed E-state index contributed by atoms with van der Waals surface area (Å²) in [4.78, 5) is 1.93. The molecule has 1 aliphatic rings. The van der Waals surface area contributed by atoms with Gasteiger partial charge in [0, 0.05) is 31.2 Å². The average molecular weight is 362 g/mol. The van der Waals surface area contributed by atoms with Crippen LogP contribution in [-0.4, -0.2) is 45.8 Å². The van der Waals surface area contributed by atoms with Crippen LogP contribution in [0.1, 0.15) is 25.3 Å². The van der Waals surface area contributed by atoms with Crippen molar-refractivity contribution in [2.45, 2.75) is 32.4 Å². The number of hydrogen-bond donors (Lipinski definition) is 1. The van der Waals surface area contributed by atoms with Crippen LogP contribution < -0.4 is 9.46 Å². The highest BCUT2D eigenvalue weighted by atomic mass is 32.2. The Labute approximate surface area is 142 Å². The number of nitrogens with zero attached hydrogens (tertiary/aromatic N) is 1. The zero-order chi connectivity index (χ0) is 17.9. The third-order valence-electron chi connectivity index (χ3n) is 4.30. The molecule has 1 saturated heterocycles. The van der Waals surface area contributed by atoms with E-state index in [0.29, 0.717) is 18.8 Å². The molecule has 1 fully saturated rings. The Bertz CT molecular complexity index is 682. The molecule has 2 atom stereocenters. The molecule has 0 amide bonds. The van der Waals surface area contributed by atoms with E-state index in [-0.39, 0.29) is 24.1 Å². The van der Waals surface area contributed by atoms with Crippen molar-refractivity contribution in [3.63, 3.8) is 0 Å². The zero-order valence-electron chi connectivity index (χ0n) is 14.2. The lowest BCUT2D eigenvalue weighted by Gasteiger charge is -2.18. The normalized spacial score (nSPS) is 22.0. The Hall–Kier alpha value is -1.25. The molecule has 0 radical (unpaired) electrons. The van der Waals surface area contributed by atoms with Gasteiger partial charge in [0.05, 0.1) is 13.4 Å². The van der Waals surface area contributed by atoms with Crippen molar-refractivity contribution in [1.29, 1.82) is 0 Å². The van der Waals surface area contributed by atoms with Crippen LogP contribution in [0.25, 0.3) is 0 Å². The Morgan fingerprint density at radius 1 is 1.33 bits per heavy atom. The largest absolute Gasteiger partial charge is 0.496 e. The summed E-state index contributed by atoms with van der Waals surface area (Å²) in [5, 5.41) is 0. The van der Waals surface area contributed by atoms with E-state index < -0.39 is 21.7 Å². The highest BCUT2D eigenvalue weighted by Crippen LogP contribution is 2.29. The van der Waals surface area contributed by atoms with Crippen molar-refractivity contribution < 1.29 is 21.9 Å². The molecule has 2 unspecified atom stereocenters. The van der Waals surface area contributed by atoms with E-state index in [1.54, 1.807) is 0 Å². The first-order valence-corrected chi connectivity index (χ1v) is 9.84. The maximum Gasteiger partial charge on any atom is 0.209 e. The molecule has 0 aliphatic carbocycles. The molecule has 1 heterocycles. The van der Waals surface area contributed by atoms with Gasteiger partial charge in [-0.15, -0.1) is 0 Å². The molecule has 1 N–H and O–H groups in total. The van der Waals surface area contributed by atoms with Gasteiger partial charge in [-0.25, -0.2) is 21.9 Å². The summed E-state index contributed by atoms with van der Waals surface area (Å²) in [5.41, 5.74) is 0.160. The Kier molecular flexibility index (Phi) is 6.17. The van der Waals surface area contributed by atoms with Gasteiger partial charge in [-0.1, -0.05) is 13.3 Å². The molecule has 1 aromatic rings. The summed E-state index contributed by atoms with van der Waals surface area (Å²) >= 11 is 0. The number of hydrogen-bond acceptors (Lipinski definition) is 4. The predicted molar refractivity (Wildman–Crippen MR) is 88.4 cm³/mol. The molecule has 5 nitrogen and oxygen atoms in total. The molecule has 1 aromatic carbocycles. The number of ether oxygens (including phenoxy) is 1. The van der Waals surface area contributed by atoms with Crippen LogP contribution >= 0.6 is 0 Å². The van der Waals surface area contributed by atoms with Gasteiger partial charge < -0.3 is 4.74 Å². The second-order valence-electron chi connectivity index (χ2n) is 6.28. The smallest absolute Gasteiger partial charge is 0.209 e. The first kappa shape index (κ1) is 19.1. The molecule has 8 heteroatoms. The standard InChI is InChI=1S/C16H24F2N2O3S/c1-4-5-11-8-20(10-14(11)19-24(3,21)22)9-12-15(23-2)7-6-13(17)16(12)18/h6-7,11,14,19H,4-5,8-10H2,1-3H3. The fourth-order valence-electron chi connectivity index (χ4n) is 3.30. The molecule has 1 aliphatic heterocycles. The highest BCUT2D eigenvalue weighted by molar-refractivity contribution is 7.88. The fraction of sp³-hybridized carbons (Fsp3) is 0.625. The molecule has 136 valence electrons. The minimum absolute atomic E-state index is 0.146. The third kappa shape index (κ3) is 4.64. The van der Waals surface area contributed by atoms with Crippen LogP contribution in [0.5, 0.6) is 5.75 Å². The Morgan fingerprint density at radius 3 is 2.62 bits per heavy atom. The summed E-state index contributed by atoms with van der Waals surface area (Å²) in [6.45, 7) is 3.29. The van der Waals surface area contributed by atoms with Crippen LogP contribution in [0, 0.1) is 17.6 Å². The molecule has 24 heavy (non-hydrogen) atoms. The minimum Gasteiger partial charge on any atom is -0.496 e. The Morgan fingerprint density at radius 2 is 2.04 bits per heavy atom. The number of rotatable bonds is 7. The van der Waals surface area contributed by atoms with Gasteiger partial charge in [0.25, 0.3) is 0 Å². The van der Waals surface area contributed by atoms with Gasteiger partial charge >= 0.3 is 0 Å². The van der Waals surface area contributed by atoms with Crippen molar-refractivity contribution in [1.82, 2.24) is 9.62 Å². The SMILES string of the molecule is CCCC1CN(Cc2c(OC)ccc(F)c2F)CC1NS(C)(=O)=O. The lowest BCUT2D eigenvalue weighted by molar-refractivity contribution is 0.295. The molecule has 2 rings (SSSR count). The van der Waals surface area contributed by atoms with Crippen molar-refractivity contribution in [2.75, 3.05) is 26.5 Å². The number of likely N-dealkylation sites (tertiary alicyclic amines) is 1. The molecule has 0 saturated carbocycles. The first-order chi connectivity index (χ1) is 11.2. The minimum atomic E-state index is -3.32. The average Bonchev–Trinajstić information content (AvgIpc) is 2.84. The molecule has 0 aromatic heterocycles. The first-order valence-electron chi connectivity index (χ1n) is 7.95. The summed E-state index contributed by atoms with van der Waals surface area (Å²) < 4.78 is 58.5. The van der Waals surface area contributed by atoms with E-state index in [9.17, 15) is 17.2 Å². The molecular formula is C16H24F2N2O3S. The number of halogens is 2. The number of benzene rings is 1. The van der Waals surface area contributed by atoms with E-state index in [4.69, 9.17) is 4.74 Å². The number of nitrogens with one attached hydrogen (secondary N) is 1. The van der Waals surface area contributed by atoms with Crippen molar-refractivity contribution in [2.24, 2.45) is 5.92 Å². The summed E-state index contributed by atoms with van der Waals surface area (Å²) in [6, 6.07) is 2.22. The van der Waals surface area contributed by atoms with Crippen LogP contribution in [-0.2, 0) is 16.6 Å². The summed E-state index contributed by atoms with van der Waals surface area (Å²) in [7, 11) is -1.91. The van der Waals surface area contributed by atoms with Crippen molar-refractivity contribution in [3.05, 3.63) is 29.3 Å². The van der Waals surface area contributed by atoms with Crippen LogP contribution in [0.2, 0.25) is 0 Å². The lowest BCUT2D eigenvalue weighted by atomic mass is 9.99. The summed E-state index contributed by atoms with van der Waals surface area (Å²) in [5.74, 6) is -1.39. The second-order valence-corrected chi connectivity index (χ2v) is 8.06. The van der Waals surface area contributed by atoms with Crippen LogP contribution in [0.4, 0.5) is 8.78 Å². The lowest BCUT2D eigenvalue weighted by Crippen LogP contribution is -2.39. The van der Waals surface area contributed by atoms with Gasteiger partial charge in [-0.05, 0) is 24.5 Å². The number of methoxy groups -OCH3 is 1. The van der Waals surface area contributed by atoms with Gasteiger partial charge in [0.15, 0.2) is 11.6 Å². The van der Waals surface area contributed by atoms with E-state index in [1.165, 1.54) is 13.2 Å². The van der Waals surface area contributed by atoms with Crippen LogP contribution in [0.15, 0.2) is 12.1 Å². The van der Waals surface area contributed by atoms with Crippen molar-refractivity contribution >= 4 is 10.0 Å². The second kappa shape index (κ2) is 7.76. The maximum absolute atomic E-state index is 14.1.